The van der Waals surface area contributed by atoms with Crippen molar-refractivity contribution in [2.75, 3.05) is 25.6 Å². The normalized spacial score (nSPS) is 21.7. The quantitative estimate of drug-likeness (QED) is 0.638. The number of nitro benzene ring substituents is 1. The zero-order valence-electron chi connectivity index (χ0n) is 10.8. The Bertz CT molecular complexity index is 537. The predicted molar refractivity (Wildman–Crippen MR) is 76.6 cm³/mol. The third kappa shape index (κ3) is 3.14. The molecule has 1 saturated heterocycles. The molecule has 0 bridgehead atoms. The predicted octanol–water partition coefficient (Wildman–Crippen LogP) is 1.53. The number of amides is 1. The van der Waals surface area contributed by atoms with Gasteiger partial charge in [0.1, 0.15) is 5.69 Å². The van der Waals surface area contributed by atoms with E-state index in [1.54, 1.807) is 13.1 Å². The van der Waals surface area contributed by atoms with Gasteiger partial charge in [0.15, 0.2) is 0 Å². The molecule has 20 heavy (non-hydrogen) atoms. The Morgan fingerprint density at radius 3 is 2.90 bits per heavy atom. The highest BCUT2D eigenvalue weighted by atomic mass is 79.9. The third-order valence-corrected chi connectivity index (χ3v) is 3.70. The Balaban J connectivity index is 2.17. The van der Waals surface area contributed by atoms with Gasteiger partial charge in [-0.1, -0.05) is 15.9 Å². The molecule has 0 aromatic heterocycles. The Kier molecular flexibility index (Phi) is 4.69. The summed E-state index contributed by atoms with van der Waals surface area (Å²) in [4.78, 5) is 22.6. The Morgan fingerprint density at radius 1 is 1.50 bits per heavy atom. The van der Waals surface area contributed by atoms with Crippen molar-refractivity contribution in [1.82, 2.24) is 5.32 Å². The second-order valence-corrected chi connectivity index (χ2v) is 5.36. The first-order chi connectivity index (χ1) is 9.52. The molecule has 1 aromatic carbocycles. The molecule has 7 nitrogen and oxygen atoms in total. The number of likely N-dealkylation sites (N-methyl/N-ethyl adjacent to an activating group) is 1. The summed E-state index contributed by atoms with van der Waals surface area (Å²) in [6, 6.07) is 4.42. The Labute approximate surface area is 124 Å². The Hall–Kier alpha value is -1.51. The van der Waals surface area contributed by atoms with Crippen molar-refractivity contribution in [3.05, 3.63) is 32.8 Å². The van der Waals surface area contributed by atoms with Crippen LogP contribution in [0.1, 0.15) is 0 Å². The van der Waals surface area contributed by atoms with Gasteiger partial charge >= 0.3 is 0 Å². The van der Waals surface area contributed by atoms with Gasteiger partial charge in [-0.15, -0.1) is 0 Å². The monoisotopic (exact) mass is 343 g/mol. The van der Waals surface area contributed by atoms with Crippen molar-refractivity contribution in [1.29, 1.82) is 0 Å². The van der Waals surface area contributed by atoms with Gasteiger partial charge in [0.2, 0.25) is 5.91 Å². The lowest BCUT2D eigenvalue weighted by molar-refractivity contribution is -0.384. The molecule has 2 unspecified atom stereocenters. The Morgan fingerprint density at radius 2 is 2.25 bits per heavy atom. The molecule has 1 fully saturated rings. The van der Waals surface area contributed by atoms with Crippen molar-refractivity contribution in [3.8, 4) is 0 Å². The topological polar surface area (TPSA) is 93.5 Å². The molecule has 0 radical (unpaired) electrons. The SMILES string of the molecule is CNC1COCC1C(=O)Nc1ccc(Br)cc1[N+](=O)[O-]. The zero-order chi connectivity index (χ0) is 14.7. The number of rotatable bonds is 4. The van der Waals surface area contributed by atoms with Crippen LogP contribution in [0.4, 0.5) is 11.4 Å². The first-order valence-electron chi connectivity index (χ1n) is 6.02. The number of carbonyl (C=O) groups excluding carboxylic acids is 1. The van der Waals surface area contributed by atoms with E-state index >= 15 is 0 Å². The van der Waals surface area contributed by atoms with Crippen LogP contribution in [-0.2, 0) is 9.53 Å². The molecule has 2 N–H and O–H groups in total. The van der Waals surface area contributed by atoms with Gasteiger partial charge in [-0.25, -0.2) is 0 Å². The van der Waals surface area contributed by atoms with Gasteiger partial charge in [0, 0.05) is 16.6 Å². The number of halogens is 1. The van der Waals surface area contributed by atoms with Crippen LogP contribution in [0.3, 0.4) is 0 Å². The van der Waals surface area contributed by atoms with Crippen LogP contribution in [0.5, 0.6) is 0 Å². The molecule has 0 aliphatic carbocycles. The maximum atomic E-state index is 12.2. The standard InChI is InChI=1S/C12H14BrN3O4/c1-14-10-6-20-5-8(10)12(17)15-9-3-2-7(13)4-11(9)16(18)19/h2-4,8,10,14H,5-6H2,1H3,(H,15,17). The van der Waals surface area contributed by atoms with Gasteiger partial charge in [-0.3, -0.25) is 14.9 Å². The maximum absolute atomic E-state index is 12.2. The average Bonchev–Trinajstić information content (AvgIpc) is 2.89. The summed E-state index contributed by atoms with van der Waals surface area (Å²) < 4.78 is 5.83. The van der Waals surface area contributed by atoms with Gasteiger partial charge in [0.05, 0.1) is 24.1 Å². The largest absolute Gasteiger partial charge is 0.379 e. The maximum Gasteiger partial charge on any atom is 0.293 e. The molecular weight excluding hydrogens is 330 g/mol. The van der Waals surface area contributed by atoms with Crippen molar-refractivity contribution >= 4 is 33.2 Å². The highest BCUT2D eigenvalue weighted by Gasteiger charge is 2.33. The summed E-state index contributed by atoms with van der Waals surface area (Å²) in [5.41, 5.74) is 0.0394. The zero-order valence-corrected chi connectivity index (χ0v) is 12.3. The molecule has 2 rings (SSSR count). The number of benzene rings is 1. The number of hydrogen-bond acceptors (Lipinski definition) is 5. The molecule has 108 valence electrons. The lowest BCUT2D eigenvalue weighted by Gasteiger charge is -2.16. The molecule has 0 spiro atoms. The van der Waals surface area contributed by atoms with Gasteiger partial charge in [-0.2, -0.15) is 0 Å². The number of ether oxygens (including phenoxy) is 1. The summed E-state index contributed by atoms with van der Waals surface area (Å²) in [6.07, 6.45) is 0. The lowest BCUT2D eigenvalue weighted by Crippen LogP contribution is -2.39. The van der Waals surface area contributed by atoms with Crippen molar-refractivity contribution < 1.29 is 14.5 Å². The fraction of sp³-hybridized carbons (Fsp3) is 0.417. The minimum Gasteiger partial charge on any atom is -0.379 e. The minimum atomic E-state index is -0.527. The molecule has 0 saturated carbocycles. The van der Waals surface area contributed by atoms with Crippen molar-refractivity contribution in [3.63, 3.8) is 0 Å². The summed E-state index contributed by atoms with van der Waals surface area (Å²) in [5.74, 6) is -0.643. The number of nitrogens with one attached hydrogen (secondary N) is 2. The van der Waals surface area contributed by atoms with Crippen LogP contribution in [0.25, 0.3) is 0 Å². The van der Waals surface area contributed by atoms with E-state index in [0.29, 0.717) is 17.7 Å². The molecule has 1 aliphatic heterocycles. The molecule has 2 atom stereocenters. The second-order valence-electron chi connectivity index (χ2n) is 4.45. The van der Waals surface area contributed by atoms with Crippen LogP contribution in [0, 0.1) is 16.0 Å². The number of carbonyl (C=O) groups is 1. The number of nitrogens with zero attached hydrogens (tertiary/aromatic N) is 1. The summed E-state index contributed by atoms with van der Waals surface area (Å²) in [6.45, 7) is 0.763. The fourth-order valence-corrected chi connectivity index (χ4v) is 2.43. The molecule has 1 amide bonds. The van der Waals surface area contributed by atoms with Crippen LogP contribution >= 0.6 is 15.9 Å². The first-order valence-corrected chi connectivity index (χ1v) is 6.82. The van der Waals surface area contributed by atoms with Crippen LogP contribution in [0.2, 0.25) is 0 Å². The van der Waals surface area contributed by atoms with Gasteiger partial charge in [-0.05, 0) is 19.2 Å². The van der Waals surface area contributed by atoms with Crippen molar-refractivity contribution in [2.24, 2.45) is 5.92 Å². The highest BCUT2D eigenvalue weighted by molar-refractivity contribution is 9.10. The molecule has 1 aromatic rings. The average molecular weight is 344 g/mol. The number of anilines is 1. The third-order valence-electron chi connectivity index (χ3n) is 3.20. The van der Waals surface area contributed by atoms with E-state index in [2.05, 4.69) is 26.6 Å². The molecule has 1 heterocycles. The highest BCUT2D eigenvalue weighted by Crippen LogP contribution is 2.29. The van der Waals surface area contributed by atoms with Crippen LogP contribution in [-0.4, -0.2) is 37.1 Å². The summed E-state index contributed by atoms with van der Waals surface area (Å²) in [7, 11) is 1.75. The smallest absolute Gasteiger partial charge is 0.293 e. The number of hydrogen-bond donors (Lipinski definition) is 2. The number of nitro groups is 1. The van der Waals surface area contributed by atoms with E-state index < -0.39 is 4.92 Å². The van der Waals surface area contributed by atoms with Gasteiger partial charge < -0.3 is 15.4 Å². The molecule has 1 aliphatic rings. The first kappa shape index (κ1) is 14.9. The summed E-state index contributed by atoms with van der Waals surface area (Å²) in [5, 5.41) is 16.6. The van der Waals surface area contributed by atoms with Crippen LogP contribution in [0.15, 0.2) is 22.7 Å². The lowest BCUT2D eigenvalue weighted by atomic mass is 10.0. The molecular formula is C12H14BrN3O4. The van der Waals surface area contributed by atoms with Crippen molar-refractivity contribution in [2.45, 2.75) is 6.04 Å². The summed E-state index contributed by atoms with van der Waals surface area (Å²) >= 11 is 3.17. The van der Waals surface area contributed by atoms with E-state index in [4.69, 9.17) is 4.74 Å². The van der Waals surface area contributed by atoms with Crippen LogP contribution < -0.4 is 10.6 Å². The molecule has 8 heteroatoms. The van der Waals surface area contributed by atoms with E-state index in [9.17, 15) is 14.9 Å². The van der Waals surface area contributed by atoms with E-state index in [1.165, 1.54) is 12.1 Å². The fourth-order valence-electron chi connectivity index (χ4n) is 2.08. The van der Waals surface area contributed by atoms with E-state index in [0.717, 1.165) is 0 Å². The van der Waals surface area contributed by atoms with E-state index in [-0.39, 0.29) is 29.2 Å². The van der Waals surface area contributed by atoms with E-state index in [1.807, 2.05) is 0 Å². The minimum absolute atomic E-state index is 0.0792. The second kappa shape index (κ2) is 6.29. The van der Waals surface area contributed by atoms with Gasteiger partial charge in [0.25, 0.3) is 5.69 Å².